The van der Waals surface area contributed by atoms with E-state index in [9.17, 15) is 9.90 Å². The maximum absolute atomic E-state index is 11.5. The number of ether oxygens (including phenoxy) is 2. The van der Waals surface area contributed by atoms with E-state index in [1.807, 2.05) is 6.20 Å². The van der Waals surface area contributed by atoms with Crippen LogP contribution >= 0.6 is 0 Å². The highest BCUT2D eigenvalue weighted by molar-refractivity contribution is 5.90. The van der Waals surface area contributed by atoms with Crippen LogP contribution in [0.3, 0.4) is 0 Å². The maximum atomic E-state index is 11.5. The molecule has 2 aliphatic carbocycles. The highest BCUT2D eigenvalue weighted by Gasteiger charge is 2.61. The molecule has 0 amide bonds. The Kier molecular flexibility index (Phi) is 2.65. The fourth-order valence-electron chi connectivity index (χ4n) is 4.05. The molecule has 4 fully saturated rings. The second kappa shape index (κ2) is 4.47. The molecule has 2 saturated carbocycles. The van der Waals surface area contributed by atoms with Gasteiger partial charge in [0.05, 0.1) is 24.5 Å². The van der Waals surface area contributed by atoms with Crippen molar-refractivity contribution in [2.75, 3.05) is 13.2 Å². The van der Waals surface area contributed by atoms with E-state index in [1.54, 1.807) is 10.6 Å². The van der Waals surface area contributed by atoms with Gasteiger partial charge in [0.2, 0.25) is 11.7 Å². The van der Waals surface area contributed by atoms with E-state index in [4.69, 9.17) is 9.47 Å². The summed E-state index contributed by atoms with van der Waals surface area (Å²) in [6, 6.07) is 0. The molecule has 1 N–H and O–H groups in total. The van der Waals surface area contributed by atoms with Gasteiger partial charge >= 0.3 is 5.97 Å². The minimum atomic E-state index is -1.04. The van der Waals surface area contributed by atoms with Crippen molar-refractivity contribution in [2.45, 2.75) is 43.6 Å². The molecule has 0 atom stereocenters. The summed E-state index contributed by atoms with van der Waals surface area (Å²) in [6.45, 7) is 3.32. The lowest BCUT2D eigenvalue weighted by Crippen LogP contribution is -2.45. The summed E-state index contributed by atoms with van der Waals surface area (Å²) in [7, 11) is 0. The van der Waals surface area contributed by atoms with Crippen molar-refractivity contribution < 1.29 is 19.4 Å². The van der Waals surface area contributed by atoms with Gasteiger partial charge in [-0.2, -0.15) is 4.98 Å². The molecule has 0 unspecified atom stereocenters. The van der Waals surface area contributed by atoms with Crippen molar-refractivity contribution in [3.8, 4) is 5.88 Å². The molecule has 0 aromatic carbocycles. The minimum absolute atomic E-state index is 0.0199. The quantitative estimate of drug-likeness (QED) is 0.903. The topological polar surface area (TPSA) is 86.0 Å². The number of carbonyl (C=O) groups is 1. The number of hydrogen-bond donors (Lipinski definition) is 1. The van der Waals surface area contributed by atoms with Crippen molar-refractivity contribution in [3.05, 3.63) is 23.7 Å². The van der Waals surface area contributed by atoms with E-state index in [0.717, 1.165) is 31.4 Å². The average Bonchev–Trinajstić information content (AvgIpc) is 3.00. The van der Waals surface area contributed by atoms with Gasteiger partial charge in [-0.25, -0.2) is 9.78 Å². The van der Waals surface area contributed by atoms with Gasteiger partial charge < -0.3 is 14.6 Å². The van der Waals surface area contributed by atoms with Crippen LogP contribution < -0.4 is 4.74 Å². The number of carboxylic acids is 1. The third-order valence-electron chi connectivity index (χ3n) is 5.46. The molecule has 24 heavy (non-hydrogen) atoms. The van der Waals surface area contributed by atoms with Crippen LogP contribution in [0.2, 0.25) is 0 Å². The van der Waals surface area contributed by atoms with Crippen LogP contribution in [0.1, 0.15) is 48.7 Å². The van der Waals surface area contributed by atoms with E-state index < -0.39 is 5.97 Å². The van der Waals surface area contributed by atoms with Crippen LogP contribution in [-0.4, -0.2) is 44.3 Å². The molecule has 6 rings (SSSR count). The Morgan fingerprint density at radius 2 is 2.21 bits per heavy atom. The lowest BCUT2D eigenvalue weighted by atomic mass is 9.62. The van der Waals surface area contributed by atoms with Crippen molar-refractivity contribution in [2.24, 2.45) is 5.92 Å². The van der Waals surface area contributed by atoms with E-state index in [2.05, 4.69) is 16.9 Å². The third kappa shape index (κ3) is 2.04. The van der Waals surface area contributed by atoms with Gasteiger partial charge in [-0.1, -0.05) is 0 Å². The molecular formula is C17H19N3O4. The Morgan fingerprint density at radius 3 is 2.83 bits per heavy atom. The number of fused-ring (bicyclic) bond motifs is 2. The Labute approximate surface area is 138 Å². The summed E-state index contributed by atoms with van der Waals surface area (Å²) in [5.74, 6) is 0.138. The van der Waals surface area contributed by atoms with Crippen LogP contribution in [0.4, 0.5) is 0 Å². The van der Waals surface area contributed by atoms with Gasteiger partial charge in [0.15, 0.2) is 0 Å². The number of imidazole rings is 1. The van der Waals surface area contributed by atoms with Crippen LogP contribution in [0.25, 0.3) is 5.78 Å². The van der Waals surface area contributed by atoms with Gasteiger partial charge in [0, 0.05) is 17.8 Å². The molecule has 2 aromatic rings. The number of hydrogen-bond acceptors (Lipinski definition) is 5. The monoisotopic (exact) mass is 329 g/mol. The fourth-order valence-corrected chi connectivity index (χ4v) is 4.05. The zero-order chi connectivity index (χ0) is 16.5. The molecule has 2 bridgehead atoms. The number of aromatic carboxylic acids is 1. The van der Waals surface area contributed by atoms with Crippen LogP contribution in [0, 0.1) is 5.92 Å². The average molecular weight is 329 g/mol. The third-order valence-corrected chi connectivity index (χ3v) is 5.46. The first kappa shape index (κ1) is 14.2. The lowest BCUT2D eigenvalue weighted by molar-refractivity contribution is 0.0154. The van der Waals surface area contributed by atoms with E-state index >= 15 is 0 Å². The zero-order valence-corrected chi connectivity index (χ0v) is 13.5. The van der Waals surface area contributed by atoms with Crippen molar-refractivity contribution in [1.29, 1.82) is 0 Å². The maximum Gasteiger partial charge on any atom is 0.342 e. The second-order valence-electron chi connectivity index (χ2n) is 7.73. The number of aromatic nitrogens is 3. The van der Waals surface area contributed by atoms with Gasteiger partial charge in [-0.3, -0.25) is 4.40 Å². The summed E-state index contributed by atoms with van der Waals surface area (Å²) in [5, 5.41) is 9.44. The molecule has 0 radical (unpaired) electrons. The van der Waals surface area contributed by atoms with Crippen molar-refractivity contribution in [3.63, 3.8) is 0 Å². The number of nitrogens with zero attached hydrogens (tertiary/aromatic N) is 3. The van der Waals surface area contributed by atoms with E-state index in [0.29, 0.717) is 24.9 Å². The first-order valence-electron chi connectivity index (χ1n) is 8.37. The summed E-state index contributed by atoms with van der Waals surface area (Å²) >= 11 is 0. The molecule has 4 heterocycles. The smallest absolute Gasteiger partial charge is 0.342 e. The van der Waals surface area contributed by atoms with Crippen molar-refractivity contribution in [1.82, 2.24) is 14.4 Å². The first-order valence-corrected chi connectivity index (χ1v) is 8.37. The van der Waals surface area contributed by atoms with Crippen LogP contribution in [0.5, 0.6) is 5.88 Å². The highest BCUT2D eigenvalue weighted by Crippen LogP contribution is 2.58. The molecule has 7 heteroatoms. The Balaban J connectivity index is 1.53. The predicted octanol–water partition coefficient (Wildman–Crippen LogP) is 2.04. The van der Waals surface area contributed by atoms with E-state index in [1.165, 1.54) is 0 Å². The van der Waals surface area contributed by atoms with Crippen LogP contribution in [-0.2, 0) is 10.2 Å². The summed E-state index contributed by atoms with van der Waals surface area (Å²) in [6.07, 6.45) is 7.63. The molecule has 0 spiro atoms. The molecule has 7 nitrogen and oxygen atoms in total. The predicted molar refractivity (Wildman–Crippen MR) is 83.4 cm³/mol. The Hall–Kier alpha value is -2.15. The van der Waals surface area contributed by atoms with E-state index in [-0.39, 0.29) is 22.5 Å². The largest absolute Gasteiger partial charge is 0.477 e. The molecule has 2 aliphatic heterocycles. The molecule has 4 aliphatic rings. The lowest BCUT2D eigenvalue weighted by Gasteiger charge is -2.41. The summed E-state index contributed by atoms with van der Waals surface area (Å²) in [4.78, 5) is 20.5. The highest BCUT2D eigenvalue weighted by atomic mass is 16.5. The normalized spacial score (nSPS) is 31.2. The first-order chi connectivity index (χ1) is 11.5. The van der Waals surface area contributed by atoms with Crippen molar-refractivity contribution >= 4 is 11.7 Å². The summed E-state index contributed by atoms with van der Waals surface area (Å²) < 4.78 is 13.2. The Bertz CT molecular complexity index is 849. The SMILES string of the molecule is CC12CC(c3cn4cc(C(=O)O)c(OCC5CC5)nc4n3)(CO1)C2. The summed E-state index contributed by atoms with van der Waals surface area (Å²) in [5.41, 5.74) is 0.945. The zero-order valence-electron chi connectivity index (χ0n) is 13.5. The Morgan fingerprint density at radius 1 is 1.42 bits per heavy atom. The molecule has 2 aromatic heterocycles. The standard InChI is InChI=1S/C17H19N3O4/c1-16-7-17(8-16,9-24-16)12-5-20-4-11(14(21)22)13(19-15(20)18-12)23-6-10-2-3-10/h4-5,10H,2-3,6-9H2,1H3,(H,21,22). The fraction of sp³-hybridized carbons (Fsp3) is 0.588. The molecule has 2 saturated heterocycles. The second-order valence-corrected chi connectivity index (χ2v) is 7.73. The van der Waals surface area contributed by atoms with Gasteiger partial charge in [0.1, 0.15) is 5.56 Å². The number of rotatable bonds is 5. The van der Waals surface area contributed by atoms with Gasteiger partial charge in [-0.15, -0.1) is 0 Å². The number of carboxylic acid groups (broad SMARTS) is 1. The minimum Gasteiger partial charge on any atom is -0.477 e. The van der Waals surface area contributed by atoms with Crippen LogP contribution in [0.15, 0.2) is 12.4 Å². The molecule has 126 valence electrons. The van der Waals surface area contributed by atoms with Gasteiger partial charge in [0.25, 0.3) is 0 Å². The van der Waals surface area contributed by atoms with Gasteiger partial charge in [-0.05, 0) is 38.5 Å². The molecular weight excluding hydrogens is 310 g/mol.